The first kappa shape index (κ1) is 18.4. The van der Waals surface area contributed by atoms with Gasteiger partial charge in [0.15, 0.2) is 5.82 Å². The standard InChI is InChI=1S/C16H13BrCl2N4OS/c17-10-2-1-3-12(8-10)24-6-7-25-16-22-21-15(23(16)20)13-9-11(18)4-5-14(13)19/h1-5,8-9H,6-7,20H2. The smallest absolute Gasteiger partial charge is 0.210 e. The molecule has 0 aliphatic heterocycles. The highest BCUT2D eigenvalue weighted by Crippen LogP contribution is 2.30. The molecule has 0 amide bonds. The molecule has 1 heterocycles. The van der Waals surface area contributed by atoms with Crippen LogP contribution in [0.2, 0.25) is 10.0 Å². The minimum Gasteiger partial charge on any atom is -0.493 e. The van der Waals surface area contributed by atoms with Crippen LogP contribution < -0.4 is 10.6 Å². The first-order valence-electron chi connectivity index (χ1n) is 7.21. The second kappa shape index (κ2) is 8.31. The van der Waals surface area contributed by atoms with Gasteiger partial charge in [-0.15, -0.1) is 10.2 Å². The molecule has 2 aromatic carbocycles. The van der Waals surface area contributed by atoms with Gasteiger partial charge >= 0.3 is 0 Å². The third-order valence-electron chi connectivity index (χ3n) is 3.21. The van der Waals surface area contributed by atoms with Gasteiger partial charge in [0.1, 0.15) is 5.75 Å². The van der Waals surface area contributed by atoms with E-state index < -0.39 is 0 Å². The Balaban J connectivity index is 1.63. The summed E-state index contributed by atoms with van der Waals surface area (Å²) in [5, 5.41) is 9.86. The zero-order chi connectivity index (χ0) is 17.8. The zero-order valence-electron chi connectivity index (χ0n) is 12.8. The Morgan fingerprint density at radius 2 is 2.00 bits per heavy atom. The third-order valence-corrected chi connectivity index (χ3v) is 5.18. The molecule has 2 N–H and O–H groups in total. The van der Waals surface area contributed by atoms with E-state index in [1.165, 1.54) is 16.4 Å². The van der Waals surface area contributed by atoms with Crippen LogP contribution in [0, 0.1) is 0 Å². The lowest BCUT2D eigenvalue weighted by molar-refractivity contribution is 0.343. The Morgan fingerprint density at radius 1 is 1.16 bits per heavy atom. The van der Waals surface area contributed by atoms with Crippen LogP contribution in [0.4, 0.5) is 0 Å². The molecule has 0 radical (unpaired) electrons. The Kier molecular flexibility index (Phi) is 6.11. The number of hydrogen-bond donors (Lipinski definition) is 1. The number of hydrogen-bond acceptors (Lipinski definition) is 5. The van der Waals surface area contributed by atoms with Crippen molar-refractivity contribution in [3.63, 3.8) is 0 Å². The highest BCUT2D eigenvalue weighted by Gasteiger charge is 2.15. The fourth-order valence-electron chi connectivity index (χ4n) is 2.08. The predicted molar refractivity (Wildman–Crippen MR) is 106 cm³/mol. The normalized spacial score (nSPS) is 10.8. The lowest BCUT2D eigenvalue weighted by atomic mass is 10.2. The summed E-state index contributed by atoms with van der Waals surface area (Å²) in [4.78, 5) is 0. The fraction of sp³-hybridized carbons (Fsp3) is 0.125. The summed E-state index contributed by atoms with van der Waals surface area (Å²) < 4.78 is 8.07. The van der Waals surface area contributed by atoms with Crippen LogP contribution >= 0.6 is 50.9 Å². The molecule has 0 aliphatic carbocycles. The first-order valence-corrected chi connectivity index (χ1v) is 9.75. The molecule has 0 bridgehead atoms. The number of halogens is 3. The van der Waals surface area contributed by atoms with Crippen LogP contribution in [0.5, 0.6) is 5.75 Å². The number of ether oxygens (including phenoxy) is 1. The SMILES string of the molecule is Nn1c(SCCOc2cccc(Br)c2)nnc1-c1cc(Cl)ccc1Cl. The number of nitrogens with two attached hydrogens (primary N) is 1. The van der Waals surface area contributed by atoms with E-state index in [4.69, 9.17) is 33.8 Å². The number of thioether (sulfide) groups is 1. The monoisotopic (exact) mass is 458 g/mol. The van der Waals surface area contributed by atoms with Gasteiger partial charge < -0.3 is 10.6 Å². The van der Waals surface area contributed by atoms with E-state index in [0.717, 1.165) is 10.2 Å². The maximum absolute atomic E-state index is 6.19. The summed E-state index contributed by atoms with van der Waals surface area (Å²) in [6, 6.07) is 12.8. The predicted octanol–water partition coefficient (Wildman–Crippen LogP) is 4.90. The molecule has 3 rings (SSSR count). The molecule has 0 fully saturated rings. The maximum Gasteiger partial charge on any atom is 0.210 e. The van der Waals surface area contributed by atoms with Crippen LogP contribution in [0.15, 0.2) is 52.1 Å². The van der Waals surface area contributed by atoms with E-state index in [0.29, 0.717) is 38.9 Å². The minimum absolute atomic E-state index is 0.461. The van der Waals surface area contributed by atoms with E-state index in [-0.39, 0.29) is 0 Å². The molecule has 1 aromatic heterocycles. The van der Waals surface area contributed by atoms with Crippen molar-refractivity contribution < 1.29 is 4.74 Å². The van der Waals surface area contributed by atoms with Crippen LogP contribution in [-0.2, 0) is 0 Å². The van der Waals surface area contributed by atoms with E-state index in [1.54, 1.807) is 18.2 Å². The van der Waals surface area contributed by atoms with Gasteiger partial charge in [0, 0.05) is 20.8 Å². The Labute approximate surface area is 167 Å². The summed E-state index contributed by atoms with van der Waals surface area (Å²) >= 11 is 17.1. The number of aromatic nitrogens is 3. The third kappa shape index (κ3) is 4.61. The summed E-state index contributed by atoms with van der Waals surface area (Å²) in [6.07, 6.45) is 0. The van der Waals surface area contributed by atoms with Gasteiger partial charge in [-0.05, 0) is 36.4 Å². The summed E-state index contributed by atoms with van der Waals surface area (Å²) in [5.74, 6) is 8.02. The van der Waals surface area contributed by atoms with Crippen LogP contribution in [0.1, 0.15) is 0 Å². The van der Waals surface area contributed by atoms with Crippen molar-refractivity contribution in [1.29, 1.82) is 0 Å². The van der Waals surface area contributed by atoms with Gasteiger partial charge in [-0.25, -0.2) is 4.68 Å². The number of nitrogens with zero attached hydrogens (tertiary/aromatic N) is 3. The average Bonchev–Trinajstić information content (AvgIpc) is 2.95. The highest BCUT2D eigenvalue weighted by atomic mass is 79.9. The van der Waals surface area contributed by atoms with Crippen molar-refractivity contribution in [2.75, 3.05) is 18.2 Å². The molecule has 0 aliphatic rings. The van der Waals surface area contributed by atoms with Crippen molar-refractivity contribution in [1.82, 2.24) is 14.9 Å². The molecule has 25 heavy (non-hydrogen) atoms. The molecule has 0 unspecified atom stereocenters. The molecule has 0 saturated carbocycles. The molecular formula is C16H13BrCl2N4OS. The number of benzene rings is 2. The second-order valence-electron chi connectivity index (χ2n) is 4.95. The van der Waals surface area contributed by atoms with Crippen molar-refractivity contribution in [3.8, 4) is 17.1 Å². The second-order valence-corrected chi connectivity index (χ2v) is 7.78. The minimum atomic E-state index is 0.461. The van der Waals surface area contributed by atoms with Crippen LogP contribution in [0.25, 0.3) is 11.4 Å². The summed E-state index contributed by atoms with van der Waals surface area (Å²) in [6.45, 7) is 0.515. The Bertz CT molecular complexity index is 890. The van der Waals surface area contributed by atoms with Gasteiger partial charge in [0.2, 0.25) is 5.16 Å². The molecule has 9 heteroatoms. The first-order chi connectivity index (χ1) is 12.0. The molecule has 0 saturated heterocycles. The number of rotatable bonds is 6. The molecule has 0 spiro atoms. The van der Waals surface area contributed by atoms with E-state index >= 15 is 0 Å². The van der Waals surface area contributed by atoms with Crippen molar-refractivity contribution >= 4 is 50.9 Å². The van der Waals surface area contributed by atoms with E-state index in [9.17, 15) is 0 Å². The van der Waals surface area contributed by atoms with E-state index in [2.05, 4.69) is 26.1 Å². The van der Waals surface area contributed by atoms with Crippen molar-refractivity contribution in [2.24, 2.45) is 0 Å². The molecule has 0 atom stereocenters. The van der Waals surface area contributed by atoms with E-state index in [1.807, 2.05) is 24.3 Å². The summed E-state index contributed by atoms with van der Waals surface area (Å²) in [5.41, 5.74) is 0.640. The van der Waals surface area contributed by atoms with Crippen molar-refractivity contribution in [3.05, 3.63) is 57.0 Å². The largest absolute Gasteiger partial charge is 0.493 e. The van der Waals surface area contributed by atoms with Gasteiger partial charge in [-0.3, -0.25) is 0 Å². The topological polar surface area (TPSA) is 66.0 Å². The van der Waals surface area contributed by atoms with Gasteiger partial charge in [-0.2, -0.15) is 0 Å². The van der Waals surface area contributed by atoms with Crippen LogP contribution in [0.3, 0.4) is 0 Å². The van der Waals surface area contributed by atoms with Gasteiger partial charge in [0.25, 0.3) is 0 Å². The Morgan fingerprint density at radius 3 is 2.80 bits per heavy atom. The fourth-order valence-corrected chi connectivity index (χ4v) is 3.50. The summed E-state index contributed by atoms with van der Waals surface area (Å²) in [7, 11) is 0. The Hall–Kier alpha value is -1.41. The molecule has 5 nitrogen and oxygen atoms in total. The van der Waals surface area contributed by atoms with Gasteiger partial charge in [-0.1, -0.05) is 57.0 Å². The van der Waals surface area contributed by atoms with Crippen LogP contribution in [-0.4, -0.2) is 27.2 Å². The quantitative estimate of drug-likeness (QED) is 0.322. The maximum atomic E-state index is 6.19. The molecule has 3 aromatic rings. The lowest BCUT2D eigenvalue weighted by Crippen LogP contribution is -2.12. The van der Waals surface area contributed by atoms with Crippen molar-refractivity contribution in [2.45, 2.75) is 5.16 Å². The molecular weight excluding hydrogens is 447 g/mol. The zero-order valence-corrected chi connectivity index (χ0v) is 16.7. The number of nitrogen functional groups attached to an aromatic ring is 1. The van der Waals surface area contributed by atoms with Gasteiger partial charge in [0.05, 0.1) is 11.6 Å². The average molecular weight is 460 g/mol. The lowest BCUT2D eigenvalue weighted by Gasteiger charge is -2.07. The molecule has 130 valence electrons. The highest BCUT2D eigenvalue weighted by molar-refractivity contribution is 9.10.